The van der Waals surface area contributed by atoms with Crippen molar-refractivity contribution >= 4 is 11.6 Å². The molecule has 0 aromatic rings. The Morgan fingerprint density at radius 2 is 1.64 bits per heavy atom. The molecule has 0 aliphatic heterocycles. The lowest BCUT2D eigenvalue weighted by molar-refractivity contribution is -0.154. The van der Waals surface area contributed by atoms with Crippen LogP contribution >= 0.6 is 0 Å². The number of ketones is 2. The first-order chi connectivity index (χ1) is 4.80. The van der Waals surface area contributed by atoms with Gasteiger partial charge in [-0.15, -0.1) is 0 Å². The van der Waals surface area contributed by atoms with E-state index in [1.165, 1.54) is 0 Å². The van der Waals surface area contributed by atoms with Gasteiger partial charge in [-0.2, -0.15) is 8.78 Å². The van der Waals surface area contributed by atoms with Crippen LogP contribution in [0, 0.1) is 5.92 Å². The van der Waals surface area contributed by atoms with E-state index in [-0.39, 0.29) is 0 Å². The summed E-state index contributed by atoms with van der Waals surface area (Å²) in [6.07, 6.45) is 0. The molecule has 1 unspecified atom stereocenters. The van der Waals surface area contributed by atoms with Crippen molar-refractivity contribution in [1.82, 2.24) is 0 Å². The van der Waals surface area contributed by atoms with Gasteiger partial charge in [0.15, 0.2) is 5.78 Å². The van der Waals surface area contributed by atoms with Crippen molar-refractivity contribution in [1.29, 1.82) is 0 Å². The largest absolute Gasteiger partial charge is 0.314 e. The molecule has 0 fully saturated rings. The van der Waals surface area contributed by atoms with Crippen LogP contribution in [0.3, 0.4) is 0 Å². The molecule has 0 bridgehead atoms. The van der Waals surface area contributed by atoms with Gasteiger partial charge in [0.1, 0.15) is 5.78 Å². The van der Waals surface area contributed by atoms with E-state index < -0.39 is 23.4 Å². The third-order valence-electron chi connectivity index (χ3n) is 1.62. The summed E-state index contributed by atoms with van der Waals surface area (Å²) in [6, 6.07) is 0. The molecule has 0 saturated carbocycles. The van der Waals surface area contributed by atoms with Crippen LogP contribution < -0.4 is 0 Å². The van der Waals surface area contributed by atoms with Gasteiger partial charge in [0.05, 0.1) is 5.92 Å². The summed E-state index contributed by atoms with van der Waals surface area (Å²) < 4.78 is 25.2. The first-order valence-corrected chi connectivity index (χ1v) is 3.19. The maximum atomic E-state index is 12.6. The second-order valence-electron chi connectivity index (χ2n) is 2.51. The average Bonchev–Trinajstić information content (AvgIpc) is 1.85. The molecule has 0 aliphatic rings. The fourth-order valence-electron chi connectivity index (χ4n) is 0.560. The molecule has 1 atom stereocenters. The molecule has 11 heavy (non-hydrogen) atoms. The molecule has 0 radical (unpaired) electrons. The number of carbonyl (C=O) groups is 2. The fourth-order valence-corrected chi connectivity index (χ4v) is 0.560. The van der Waals surface area contributed by atoms with Crippen molar-refractivity contribution in [2.45, 2.75) is 26.7 Å². The lowest BCUT2D eigenvalue weighted by atomic mass is 9.97. The fraction of sp³-hybridized carbons (Fsp3) is 0.714. The summed E-state index contributed by atoms with van der Waals surface area (Å²) in [5, 5.41) is 0. The molecule has 0 rings (SSSR count). The zero-order valence-electron chi connectivity index (χ0n) is 6.65. The average molecular weight is 164 g/mol. The molecule has 0 heterocycles. The highest BCUT2D eigenvalue weighted by Gasteiger charge is 2.43. The molecule has 0 spiro atoms. The molecule has 0 N–H and O–H groups in total. The third-order valence-corrected chi connectivity index (χ3v) is 1.62. The smallest absolute Gasteiger partial charge is 0.299 e. The monoisotopic (exact) mass is 164 g/mol. The quantitative estimate of drug-likeness (QED) is 0.632. The number of hydrogen-bond acceptors (Lipinski definition) is 2. The number of halogens is 2. The molecular formula is C7H10F2O2. The second-order valence-corrected chi connectivity index (χ2v) is 2.51. The van der Waals surface area contributed by atoms with E-state index in [1.54, 1.807) is 0 Å². The van der Waals surface area contributed by atoms with Crippen LogP contribution in [-0.2, 0) is 9.59 Å². The third kappa shape index (κ3) is 2.06. The van der Waals surface area contributed by atoms with E-state index in [0.29, 0.717) is 0 Å². The number of Topliss-reactive ketones (excluding diaryl/α,β-unsaturated/α-hetero) is 2. The number of rotatable bonds is 3. The van der Waals surface area contributed by atoms with E-state index in [1.807, 2.05) is 0 Å². The normalized spacial score (nSPS) is 14.3. The van der Waals surface area contributed by atoms with Gasteiger partial charge in [0, 0.05) is 6.92 Å². The number of hydrogen-bond donors (Lipinski definition) is 0. The van der Waals surface area contributed by atoms with Gasteiger partial charge in [-0.1, -0.05) is 0 Å². The van der Waals surface area contributed by atoms with E-state index in [9.17, 15) is 18.4 Å². The van der Waals surface area contributed by atoms with Gasteiger partial charge in [-0.25, -0.2) is 0 Å². The van der Waals surface area contributed by atoms with Crippen LogP contribution in [0.1, 0.15) is 20.8 Å². The maximum absolute atomic E-state index is 12.6. The van der Waals surface area contributed by atoms with E-state index in [2.05, 4.69) is 0 Å². The molecule has 0 aromatic heterocycles. The van der Waals surface area contributed by atoms with Crippen molar-refractivity contribution in [2.24, 2.45) is 5.92 Å². The van der Waals surface area contributed by atoms with Crippen LogP contribution in [0.25, 0.3) is 0 Å². The summed E-state index contributed by atoms with van der Waals surface area (Å²) in [6.45, 7) is 2.87. The van der Waals surface area contributed by atoms with Crippen LogP contribution in [0.4, 0.5) is 8.78 Å². The Morgan fingerprint density at radius 1 is 1.27 bits per heavy atom. The van der Waals surface area contributed by atoms with Crippen molar-refractivity contribution in [3.05, 3.63) is 0 Å². The van der Waals surface area contributed by atoms with Gasteiger partial charge in [-0.3, -0.25) is 9.59 Å². The Kier molecular flexibility index (Phi) is 2.84. The number of alkyl halides is 2. The first-order valence-electron chi connectivity index (χ1n) is 3.19. The predicted octanol–water partition coefficient (Wildman–Crippen LogP) is 1.44. The minimum absolute atomic E-state index is 0.676. The van der Waals surface area contributed by atoms with E-state index >= 15 is 0 Å². The highest BCUT2D eigenvalue weighted by molar-refractivity contribution is 5.90. The van der Waals surface area contributed by atoms with Gasteiger partial charge < -0.3 is 0 Å². The zero-order chi connectivity index (χ0) is 9.23. The van der Waals surface area contributed by atoms with Crippen LogP contribution in [0.15, 0.2) is 0 Å². The molecule has 64 valence electrons. The Morgan fingerprint density at radius 3 is 1.73 bits per heavy atom. The second kappa shape index (κ2) is 3.07. The summed E-state index contributed by atoms with van der Waals surface area (Å²) in [5.74, 6) is -6.96. The molecule has 2 nitrogen and oxygen atoms in total. The van der Waals surface area contributed by atoms with Crippen molar-refractivity contribution in [2.75, 3.05) is 0 Å². The zero-order valence-corrected chi connectivity index (χ0v) is 6.65. The Bertz CT molecular complexity index is 187. The lowest BCUT2D eigenvalue weighted by Gasteiger charge is -2.17. The standard InChI is InChI=1S/C7H10F2O2/c1-4(5(2)10)7(8,9)6(3)11/h4H,1-3H3. The van der Waals surface area contributed by atoms with Gasteiger partial charge in [-0.05, 0) is 13.8 Å². The predicted molar refractivity (Wildman–Crippen MR) is 35.5 cm³/mol. The van der Waals surface area contributed by atoms with Crippen molar-refractivity contribution < 1.29 is 18.4 Å². The molecule has 0 saturated heterocycles. The molecule has 0 amide bonds. The summed E-state index contributed by atoms with van der Waals surface area (Å²) in [5.41, 5.74) is 0. The summed E-state index contributed by atoms with van der Waals surface area (Å²) in [7, 11) is 0. The number of carbonyl (C=O) groups excluding carboxylic acids is 2. The minimum Gasteiger partial charge on any atom is -0.299 e. The van der Waals surface area contributed by atoms with E-state index in [0.717, 1.165) is 20.8 Å². The van der Waals surface area contributed by atoms with Gasteiger partial charge >= 0.3 is 5.92 Å². The van der Waals surface area contributed by atoms with Crippen LogP contribution in [-0.4, -0.2) is 17.5 Å². The maximum Gasteiger partial charge on any atom is 0.314 e. The SMILES string of the molecule is CC(=O)C(C)C(F)(F)C(C)=O. The van der Waals surface area contributed by atoms with E-state index in [4.69, 9.17) is 0 Å². The van der Waals surface area contributed by atoms with Crippen molar-refractivity contribution in [3.63, 3.8) is 0 Å². The Labute approximate surface area is 63.6 Å². The van der Waals surface area contributed by atoms with Gasteiger partial charge in [0.25, 0.3) is 0 Å². The summed E-state index contributed by atoms with van der Waals surface area (Å²) in [4.78, 5) is 20.8. The van der Waals surface area contributed by atoms with Crippen molar-refractivity contribution in [3.8, 4) is 0 Å². The topological polar surface area (TPSA) is 34.1 Å². The molecule has 4 heteroatoms. The molecule has 0 aromatic carbocycles. The minimum atomic E-state index is -3.51. The highest BCUT2D eigenvalue weighted by Crippen LogP contribution is 2.25. The Hall–Kier alpha value is -0.800. The summed E-state index contributed by atoms with van der Waals surface area (Å²) >= 11 is 0. The molecule has 0 aliphatic carbocycles. The lowest BCUT2D eigenvalue weighted by Crippen LogP contribution is -2.37. The van der Waals surface area contributed by atoms with Gasteiger partial charge in [0.2, 0.25) is 0 Å². The van der Waals surface area contributed by atoms with Crippen LogP contribution in [0.5, 0.6) is 0 Å². The molecular weight excluding hydrogens is 154 g/mol. The first kappa shape index (κ1) is 10.2. The highest BCUT2D eigenvalue weighted by atomic mass is 19.3. The Balaban J connectivity index is 4.55. The van der Waals surface area contributed by atoms with Crippen LogP contribution in [0.2, 0.25) is 0 Å².